The normalized spacial score (nSPS) is 10.1. The zero-order valence-electron chi connectivity index (χ0n) is 7.62. The lowest BCUT2D eigenvalue weighted by molar-refractivity contribution is 0.982. The lowest BCUT2D eigenvalue weighted by Gasteiger charge is -2.00. The maximum Gasteiger partial charge on any atom is 0.186 e. The minimum atomic E-state index is 0.466. The second-order valence-corrected chi connectivity index (χ2v) is 3.29. The van der Waals surface area contributed by atoms with Gasteiger partial charge in [-0.25, -0.2) is 0 Å². The maximum absolute atomic E-state index is 5.91. The van der Waals surface area contributed by atoms with Gasteiger partial charge < -0.3 is 5.32 Å². The van der Waals surface area contributed by atoms with Crippen LogP contribution in [0.4, 0.5) is 0 Å². The highest BCUT2D eigenvalue weighted by molar-refractivity contribution is 7.80. The minimum Gasteiger partial charge on any atom is -0.364 e. The molecular formula is C9H10ClN3S. The first-order valence-electron chi connectivity index (χ1n) is 3.99. The Morgan fingerprint density at radius 3 is 2.86 bits per heavy atom. The van der Waals surface area contributed by atoms with Crippen LogP contribution in [0.3, 0.4) is 0 Å². The SMILES string of the molecule is CNC(=S)N/N=C/c1ccccc1Cl. The summed E-state index contributed by atoms with van der Waals surface area (Å²) in [6.45, 7) is 0. The Bertz CT molecular complexity index is 352. The summed E-state index contributed by atoms with van der Waals surface area (Å²) in [5.41, 5.74) is 3.49. The van der Waals surface area contributed by atoms with Gasteiger partial charge in [-0.05, 0) is 18.3 Å². The second kappa shape index (κ2) is 5.57. The van der Waals surface area contributed by atoms with Gasteiger partial charge in [0.25, 0.3) is 0 Å². The van der Waals surface area contributed by atoms with Crippen LogP contribution < -0.4 is 10.7 Å². The molecule has 0 unspecified atom stereocenters. The number of hydrogen-bond donors (Lipinski definition) is 2. The summed E-state index contributed by atoms with van der Waals surface area (Å²) in [5, 5.41) is 7.78. The van der Waals surface area contributed by atoms with E-state index in [0.29, 0.717) is 10.1 Å². The van der Waals surface area contributed by atoms with Gasteiger partial charge in [0.15, 0.2) is 5.11 Å². The van der Waals surface area contributed by atoms with E-state index < -0.39 is 0 Å². The van der Waals surface area contributed by atoms with Gasteiger partial charge in [0, 0.05) is 17.6 Å². The van der Waals surface area contributed by atoms with Gasteiger partial charge in [0.05, 0.1) is 6.21 Å². The van der Waals surface area contributed by atoms with Crippen molar-refractivity contribution in [1.29, 1.82) is 0 Å². The molecule has 1 aromatic carbocycles. The molecule has 0 aromatic heterocycles. The van der Waals surface area contributed by atoms with E-state index in [1.54, 1.807) is 19.3 Å². The smallest absolute Gasteiger partial charge is 0.186 e. The highest BCUT2D eigenvalue weighted by atomic mass is 35.5. The average Bonchev–Trinajstić information content (AvgIpc) is 2.20. The lowest BCUT2D eigenvalue weighted by atomic mass is 10.2. The topological polar surface area (TPSA) is 36.4 Å². The number of rotatable bonds is 2. The third-order valence-electron chi connectivity index (χ3n) is 1.50. The van der Waals surface area contributed by atoms with Crippen LogP contribution in [0.1, 0.15) is 5.56 Å². The fraction of sp³-hybridized carbons (Fsp3) is 0.111. The van der Waals surface area contributed by atoms with Gasteiger partial charge in [-0.15, -0.1) is 0 Å². The van der Waals surface area contributed by atoms with Crippen LogP contribution >= 0.6 is 23.8 Å². The molecule has 0 radical (unpaired) electrons. The van der Waals surface area contributed by atoms with Crippen molar-refractivity contribution in [3.63, 3.8) is 0 Å². The quantitative estimate of drug-likeness (QED) is 0.459. The van der Waals surface area contributed by atoms with Gasteiger partial charge in [-0.2, -0.15) is 5.10 Å². The fourth-order valence-electron chi connectivity index (χ4n) is 0.796. The zero-order chi connectivity index (χ0) is 10.4. The van der Waals surface area contributed by atoms with Crippen molar-refractivity contribution < 1.29 is 0 Å². The Hall–Kier alpha value is -1.13. The van der Waals surface area contributed by atoms with Crippen molar-refractivity contribution in [3.05, 3.63) is 34.9 Å². The molecule has 0 atom stereocenters. The zero-order valence-corrected chi connectivity index (χ0v) is 9.19. The standard InChI is InChI=1S/C9H10ClN3S/c1-11-9(14)13-12-6-7-4-2-3-5-8(7)10/h2-6H,1H3,(H2,11,13,14)/b12-6+. The summed E-state index contributed by atoms with van der Waals surface area (Å²) in [5.74, 6) is 0. The van der Waals surface area contributed by atoms with Gasteiger partial charge in [0.1, 0.15) is 0 Å². The number of halogens is 1. The molecule has 14 heavy (non-hydrogen) atoms. The van der Waals surface area contributed by atoms with Crippen LogP contribution in [0.15, 0.2) is 29.4 Å². The van der Waals surface area contributed by atoms with Gasteiger partial charge in [-0.1, -0.05) is 29.8 Å². The van der Waals surface area contributed by atoms with Crippen LogP contribution in [0.2, 0.25) is 5.02 Å². The van der Waals surface area contributed by atoms with Crippen molar-refractivity contribution in [3.8, 4) is 0 Å². The van der Waals surface area contributed by atoms with Crippen molar-refractivity contribution in [2.24, 2.45) is 5.10 Å². The summed E-state index contributed by atoms with van der Waals surface area (Å²) in [7, 11) is 1.72. The highest BCUT2D eigenvalue weighted by Crippen LogP contribution is 2.11. The van der Waals surface area contributed by atoms with E-state index in [1.165, 1.54) is 0 Å². The summed E-state index contributed by atoms with van der Waals surface area (Å²) < 4.78 is 0. The summed E-state index contributed by atoms with van der Waals surface area (Å²) in [4.78, 5) is 0. The molecule has 74 valence electrons. The molecule has 0 aliphatic heterocycles. The third-order valence-corrected chi connectivity index (χ3v) is 2.14. The van der Waals surface area contributed by atoms with Gasteiger partial charge >= 0.3 is 0 Å². The molecule has 1 rings (SSSR count). The van der Waals surface area contributed by atoms with Crippen LogP contribution in [-0.2, 0) is 0 Å². The Balaban J connectivity index is 2.60. The van der Waals surface area contributed by atoms with E-state index in [2.05, 4.69) is 15.8 Å². The minimum absolute atomic E-state index is 0.466. The molecule has 0 saturated carbocycles. The summed E-state index contributed by atoms with van der Waals surface area (Å²) in [6, 6.07) is 7.43. The van der Waals surface area contributed by atoms with Gasteiger partial charge in [-0.3, -0.25) is 5.43 Å². The average molecular weight is 228 g/mol. The first-order chi connectivity index (χ1) is 6.74. The molecule has 0 bridgehead atoms. The summed E-state index contributed by atoms with van der Waals surface area (Å²) in [6.07, 6.45) is 1.62. The van der Waals surface area contributed by atoms with E-state index in [-0.39, 0.29) is 0 Å². The molecule has 1 aromatic rings. The van der Waals surface area contributed by atoms with Crippen LogP contribution in [0.5, 0.6) is 0 Å². The number of nitrogens with zero attached hydrogens (tertiary/aromatic N) is 1. The number of hydrogen-bond acceptors (Lipinski definition) is 2. The second-order valence-electron chi connectivity index (χ2n) is 2.47. The van der Waals surface area contributed by atoms with Gasteiger partial charge in [0.2, 0.25) is 0 Å². The van der Waals surface area contributed by atoms with Crippen LogP contribution in [0.25, 0.3) is 0 Å². The number of benzene rings is 1. The van der Waals surface area contributed by atoms with Crippen molar-refractivity contribution in [1.82, 2.24) is 10.7 Å². The van der Waals surface area contributed by atoms with Crippen LogP contribution in [-0.4, -0.2) is 18.4 Å². The van der Waals surface area contributed by atoms with E-state index in [9.17, 15) is 0 Å². The maximum atomic E-state index is 5.91. The number of hydrazone groups is 1. The molecular weight excluding hydrogens is 218 g/mol. The van der Waals surface area contributed by atoms with Crippen molar-refractivity contribution in [2.75, 3.05) is 7.05 Å². The molecule has 0 heterocycles. The molecule has 0 fully saturated rings. The molecule has 0 saturated heterocycles. The predicted octanol–water partition coefficient (Wildman–Crippen LogP) is 1.77. The van der Waals surface area contributed by atoms with E-state index in [1.807, 2.05) is 18.2 Å². The van der Waals surface area contributed by atoms with Crippen molar-refractivity contribution in [2.45, 2.75) is 0 Å². The number of nitrogens with one attached hydrogen (secondary N) is 2. The fourth-order valence-corrected chi connectivity index (χ4v) is 1.03. The third kappa shape index (κ3) is 3.32. The Kier molecular flexibility index (Phi) is 4.35. The monoisotopic (exact) mass is 227 g/mol. The Morgan fingerprint density at radius 1 is 1.50 bits per heavy atom. The Labute approximate surface area is 93.2 Å². The molecule has 0 amide bonds. The first-order valence-corrected chi connectivity index (χ1v) is 4.78. The van der Waals surface area contributed by atoms with E-state index in [0.717, 1.165) is 5.56 Å². The van der Waals surface area contributed by atoms with Crippen molar-refractivity contribution >= 4 is 35.1 Å². The largest absolute Gasteiger partial charge is 0.364 e. The molecule has 0 aliphatic carbocycles. The summed E-state index contributed by atoms with van der Waals surface area (Å²) >= 11 is 10.7. The molecule has 3 nitrogen and oxygen atoms in total. The van der Waals surface area contributed by atoms with Crippen LogP contribution in [0, 0.1) is 0 Å². The molecule has 5 heteroatoms. The predicted molar refractivity (Wildman–Crippen MR) is 63.8 cm³/mol. The molecule has 0 aliphatic rings. The molecule has 0 spiro atoms. The number of thiocarbonyl (C=S) groups is 1. The Morgan fingerprint density at radius 2 is 2.21 bits per heavy atom. The van der Waals surface area contributed by atoms with E-state index in [4.69, 9.17) is 23.8 Å². The van der Waals surface area contributed by atoms with E-state index >= 15 is 0 Å². The lowest BCUT2D eigenvalue weighted by Crippen LogP contribution is -2.28. The highest BCUT2D eigenvalue weighted by Gasteiger charge is 1.93. The first kappa shape index (κ1) is 10.9. The molecule has 2 N–H and O–H groups in total.